The fourth-order valence-electron chi connectivity index (χ4n) is 1.92. The molecule has 5 heteroatoms. The quantitative estimate of drug-likeness (QED) is 0.836. The van der Waals surface area contributed by atoms with Gasteiger partial charge >= 0.3 is 0 Å². The lowest BCUT2D eigenvalue weighted by Crippen LogP contribution is -2.42. The van der Waals surface area contributed by atoms with Crippen molar-refractivity contribution in [1.29, 1.82) is 0 Å². The van der Waals surface area contributed by atoms with Gasteiger partial charge in [0.2, 0.25) is 0 Å². The van der Waals surface area contributed by atoms with E-state index in [1.807, 2.05) is 6.20 Å². The molecule has 88 valence electrons. The second kappa shape index (κ2) is 5.77. The molecule has 0 aromatic carbocycles. The summed E-state index contributed by atoms with van der Waals surface area (Å²) in [6, 6.07) is 0.606. The maximum atomic E-state index is 8.94. The lowest BCUT2D eigenvalue weighted by Gasteiger charge is -2.38. The van der Waals surface area contributed by atoms with Crippen molar-refractivity contribution >= 4 is 28.4 Å². The number of nitrogens with zero attached hydrogens (tertiary/aromatic N) is 3. The Labute approximate surface area is 109 Å². The van der Waals surface area contributed by atoms with Gasteiger partial charge in [0, 0.05) is 25.4 Å². The molecule has 0 saturated heterocycles. The number of rotatable bonds is 5. The minimum atomic E-state index is 0.241. The molecule has 1 aliphatic rings. The Morgan fingerprint density at radius 1 is 1.50 bits per heavy atom. The third-order valence-corrected chi connectivity index (χ3v) is 3.75. The molecule has 0 spiro atoms. The maximum Gasteiger partial charge on any atom is 0.145 e. The Hall–Kier alpha value is -0.430. The Morgan fingerprint density at radius 3 is 2.88 bits per heavy atom. The summed E-state index contributed by atoms with van der Waals surface area (Å²) in [5.74, 6) is 1.02. The predicted molar refractivity (Wildman–Crippen MR) is 71.4 cm³/mol. The zero-order chi connectivity index (χ0) is 11.4. The van der Waals surface area contributed by atoms with E-state index in [4.69, 9.17) is 5.11 Å². The van der Waals surface area contributed by atoms with E-state index in [2.05, 4.69) is 37.5 Å². The Balaban J connectivity index is 2.13. The predicted octanol–water partition coefficient (Wildman–Crippen LogP) is 1.82. The van der Waals surface area contributed by atoms with Gasteiger partial charge in [-0.1, -0.05) is 0 Å². The van der Waals surface area contributed by atoms with Crippen LogP contribution in [0.4, 0.5) is 5.82 Å². The van der Waals surface area contributed by atoms with Gasteiger partial charge in [-0.15, -0.1) is 0 Å². The van der Waals surface area contributed by atoms with Crippen LogP contribution in [0.1, 0.15) is 25.7 Å². The van der Waals surface area contributed by atoms with E-state index in [-0.39, 0.29) is 6.61 Å². The number of hydrogen-bond donors (Lipinski definition) is 1. The van der Waals surface area contributed by atoms with E-state index in [0.717, 1.165) is 22.4 Å². The molecule has 1 saturated carbocycles. The first-order valence-electron chi connectivity index (χ1n) is 5.66. The molecular formula is C11H16IN3O. The van der Waals surface area contributed by atoms with Gasteiger partial charge in [-0.05, 0) is 48.3 Å². The van der Waals surface area contributed by atoms with Gasteiger partial charge in [-0.3, -0.25) is 0 Å². The molecule has 1 fully saturated rings. The smallest absolute Gasteiger partial charge is 0.145 e. The van der Waals surface area contributed by atoms with E-state index in [9.17, 15) is 0 Å². The molecule has 1 N–H and O–H groups in total. The van der Waals surface area contributed by atoms with Crippen LogP contribution in [-0.2, 0) is 0 Å². The SMILES string of the molecule is OCCCN(c1ncncc1I)C1CCC1. The summed E-state index contributed by atoms with van der Waals surface area (Å²) < 4.78 is 1.09. The van der Waals surface area contributed by atoms with E-state index in [0.29, 0.717) is 6.04 Å². The van der Waals surface area contributed by atoms with Gasteiger partial charge in [-0.2, -0.15) is 0 Å². The number of aromatic nitrogens is 2. The molecule has 1 aromatic heterocycles. The first-order valence-corrected chi connectivity index (χ1v) is 6.74. The fraction of sp³-hybridized carbons (Fsp3) is 0.636. The molecule has 1 aliphatic carbocycles. The molecule has 0 bridgehead atoms. The standard InChI is InChI=1S/C11H16IN3O/c12-10-7-13-8-14-11(10)15(5-2-6-16)9-3-1-4-9/h7-9,16H,1-6H2. The lowest BCUT2D eigenvalue weighted by atomic mass is 9.91. The Bertz CT molecular complexity index is 344. The van der Waals surface area contributed by atoms with Gasteiger partial charge < -0.3 is 10.0 Å². The summed E-state index contributed by atoms with van der Waals surface area (Å²) in [4.78, 5) is 10.7. The fourth-order valence-corrected chi connectivity index (χ4v) is 2.53. The van der Waals surface area contributed by atoms with E-state index >= 15 is 0 Å². The molecule has 2 rings (SSSR count). The minimum Gasteiger partial charge on any atom is -0.396 e. The molecule has 1 aromatic rings. The second-order valence-electron chi connectivity index (χ2n) is 4.05. The highest BCUT2D eigenvalue weighted by Crippen LogP contribution is 2.30. The highest BCUT2D eigenvalue weighted by Gasteiger charge is 2.26. The van der Waals surface area contributed by atoms with Crippen LogP contribution in [-0.4, -0.2) is 34.3 Å². The van der Waals surface area contributed by atoms with Crippen molar-refractivity contribution in [1.82, 2.24) is 9.97 Å². The molecule has 4 nitrogen and oxygen atoms in total. The van der Waals surface area contributed by atoms with Crippen molar-refractivity contribution in [3.63, 3.8) is 0 Å². The van der Waals surface area contributed by atoms with Crippen LogP contribution >= 0.6 is 22.6 Å². The summed E-state index contributed by atoms with van der Waals surface area (Å²) >= 11 is 2.27. The number of aliphatic hydroxyl groups excluding tert-OH is 1. The average molecular weight is 333 g/mol. The molecule has 0 unspecified atom stereocenters. The van der Waals surface area contributed by atoms with Gasteiger partial charge in [0.05, 0.1) is 3.57 Å². The number of anilines is 1. The topological polar surface area (TPSA) is 49.2 Å². The van der Waals surface area contributed by atoms with Crippen LogP contribution in [0.15, 0.2) is 12.5 Å². The van der Waals surface area contributed by atoms with Crippen molar-refractivity contribution in [3.8, 4) is 0 Å². The molecule has 16 heavy (non-hydrogen) atoms. The zero-order valence-electron chi connectivity index (χ0n) is 9.14. The van der Waals surface area contributed by atoms with E-state index < -0.39 is 0 Å². The summed E-state index contributed by atoms with van der Waals surface area (Å²) in [5.41, 5.74) is 0. The molecule has 0 radical (unpaired) electrons. The Morgan fingerprint density at radius 2 is 2.31 bits per heavy atom. The van der Waals surface area contributed by atoms with Crippen LogP contribution < -0.4 is 4.90 Å². The highest BCUT2D eigenvalue weighted by atomic mass is 127. The van der Waals surface area contributed by atoms with Gasteiger partial charge in [0.25, 0.3) is 0 Å². The van der Waals surface area contributed by atoms with Crippen molar-refractivity contribution in [2.75, 3.05) is 18.1 Å². The van der Waals surface area contributed by atoms with Gasteiger partial charge in [0.15, 0.2) is 0 Å². The van der Waals surface area contributed by atoms with Crippen molar-refractivity contribution < 1.29 is 5.11 Å². The van der Waals surface area contributed by atoms with Crippen molar-refractivity contribution in [2.45, 2.75) is 31.7 Å². The van der Waals surface area contributed by atoms with E-state index in [1.54, 1.807) is 6.33 Å². The van der Waals surface area contributed by atoms with Crippen LogP contribution in [0.2, 0.25) is 0 Å². The minimum absolute atomic E-state index is 0.241. The summed E-state index contributed by atoms with van der Waals surface area (Å²) in [6.07, 6.45) is 8.03. The lowest BCUT2D eigenvalue weighted by molar-refractivity contribution is 0.282. The van der Waals surface area contributed by atoms with Crippen LogP contribution in [0.5, 0.6) is 0 Å². The van der Waals surface area contributed by atoms with Gasteiger partial charge in [-0.25, -0.2) is 9.97 Å². The van der Waals surface area contributed by atoms with Crippen LogP contribution in [0.25, 0.3) is 0 Å². The zero-order valence-corrected chi connectivity index (χ0v) is 11.3. The summed E-state index contributed by atoms with van der Waals surface area (Å²) in [6.45, 7) is 1.12. The van der Waals surface area contributed by atoms with E-state index in [1.165, 1.54) is 19.3 Å². The average Bonchev–Trinajstić information content (AvgIpc) is 2.22. The molecule has 0 atom stereocenters. The van der Waals surface area contributed by atoms with Crippen molar-refractivity contribution in [3.05, 3.63) is 16.1 Å². The molecule has 1 heterocycles. The number of halogens is 1. The van der Waals surface area contributed by atoms with Crippen LogP contribution in [0.3, 0.4) is 0 Å². The first-order chi connectivity index (χ1) is 7.83. The largest absolute Gasteiger partial charge is 0.396 e. The number of hydrogen-bond acceptors (Lipinski definition) is 4. The highest BCUT2D eigenvalue weighted by molar-refractivity contribution is 14.1. The maximum absolute atomic E-state index is 8.94. The first kappa shape index (κ1) is 12.0. The normalized spacial score (nSPS) is 15.9. The third-order valence-electron chi connectivity index (χ3n) is 2.99. The number of aliphatic hydroxyl groups is 1. The Kier molecular flexibility index (Phi) is 4.34. The second-order valence-corrected chi connectivity index (χ2v) is 5.21. The van der Waals surface area contributed by atoms with Crippen molar-refractivity contribution in [2.24, 2.45) is 0 Å². The van der Waals surface area contributed by atoms with Gasteiger partial charge in [0.1, 0.15) is 12.1 Å². The monoisotopic (exact) mass is 333 g/mol. The molecule has 0 aliphatic heterocycles. The van der Waals surface area contributed by atoms with Crippen LogP contribution in [0, 0.1) is 3.57 Å². The third kappa shape index (κ3) is 2.63. The summed E-state index contributed by atoms with van der Waals surface area (Å²) in [5, 5.41) is 8.94. The molecule has 0 amide bonds. The summed E-state index contributed by atoms with van der Waals surface area (Å²) in [7, 11) is 0. The molecular weight excluding hydrogens is 317 g/mol.